The molecule has 1 aromatic rings. The highest BCUT2D eigenvalue weighted by Gasteiger charge is 2.60. The van der Waals surface area contributed by atoms with Gasteiger partial charge in [-0.25, -0.2) is 4.90 Å². The van der Waals surface area contributed by atoms with Crippen LogP contribution in [-0.4, -0.2) is 168 Å². The summed E-state index contributed by atoms with van der Waals surface area (Å²) in [4.78, 5) is 17.0. The Bertz CT molecular complexity index is 1050. The molecule has 8 aliphatic rings. The fraction of sp³-hybridized carbons (Fsp3) is 0.800. The first kappa shape index (κ1) is 23.6. The predicted molar refractivity (Wildman–Crippen MR) is 148 cm³/mol. The molecule has 0 amide bonds. The molecule has 6 unspecified atom stereocenters. The van der Waals surface area contributed by atoms with Crippen molar-refractivity contribution in [2.24, 2.45) is 0 Å². The molecule has 0 spiro atoms. The van der Waals surface area contributed by atoms with E-state index in [9.17, 15) is 0 Å². The van der Waals surface area contributed by atoms with E-state index in [1.54, 1.807) is 11.1 Å². The van der Waals surface area contributed by atoms with Crippen LogP contribution < -0.4 is 0 Å². The highest BCUT2D eigenvalue weighted by atomic mass is 15.6. The molecule has 1 aromatic carbocycles. The molecule has 0 aliphatic carbocycles. The summed E-state index contributed by atoms with van der Waals surface area (Å²) in [6.45, 7) is 23.3. The van der Waals surface area contributed by atoms with Crippen LogP contribution in [0.1, 0.15) is 24.0 Å². The first-order chi connectivity index (χ1) is 18.7. The van der Waals surface area contributed by atoms with Crippen molar-refractivity contribution in [2.45, 2.75) is 50.6 Å². The van der Waals surface area contributed by atoms with Gasteiger partial charge in [0, 0.05) is 89.5 Å². The fourth-order valence-corrected chi connectivity index (χ4v) is 10.7. The van der Waals surface area contributed by atoms with E-state index in [1.165, 1.54) is 140 Å². The molecular formula is C30H48N8+2. The van der Waals surface area contributed by atoms with Gasteiger partial charge in [-0.3, -0.25) is 24.5 Å². The number of hydrogen-bond donors (Lipinski definition) is 0. The van der Waals surface area contributed by atoms with Crippen LogP contribution in [0.15, 0.2) is 24.3 Å². The van der Waals surface area contributed by atoms with Gasteiger partial charge in [0.2, 0.25) is 0 Å². The molecule has 9 rings (SSSR count). The van der Waals surface area contributed by atoms with Crippen LogP contribution in [0.4, 0.5) is 0 Å². The van der Waals surface area contributed by atoms with Crippen molar-refractivity contribution < 1.29 is 8.97 Å². The highest BCUT2D eigenvalue weighted by Crippen LogP contribution is 2.41. The van der Waals surface area contributed by atoms with Crippen molar-refractivity contribution >= 4 is 0 Å². The van der Waals surface area contributed by atoms with Crippen molar-refractivity contribution in [2.75, 3.05) is 105 Å². The average molecular weight is 521 g/mol. The van der Waals surface area contributed by atoms with E-state index in [4.69, 9.17) is 0 Å². The summed E-state index contributed by atoms with van der Waals surface area (Å²) in [5.41, 5.74) is 3.14. The third-order valence-corrected chi connectivity index (χ3v) is 12.4. The van der Waals surface area contributed by atoms with E-state index < -0.39 is 0 Å². The van der Waals surface area contributed by atoms with Gasteiger partial charge in [0.15, 0.2) is 12.3 Å². The van der Waals surface area contributed by atoms with Crippen LogP contribution in [-0.2, 0) is 13.1 Å². The minimum Gasteiger partial charge on any atom is -0.301 e. The third kappa shape index (κ3) is 3.38. The van der Waals surface area contributed by atoms with Gasteiger partial charge in [-0.05, 0) is 6.42 Å². The topological polar surface area (TPSA) is 19.4 Å². The number of rotatable bonds is 4. The summed E-state index contributed by atoms with van der Waals surface area (Å²) < 4.78 is 2.61. The smallest absolute Gasteiger partial charge is 0.175 e. The van der Waals surface area contributed by atoms with E-state index in [0.29, 0.717) is 24.7 Å². The highest BCUT2D eigenvalue weighted by molar-refractivity contribution is 5.22. The number of piperazine rings is 4. The molecule has 0 bridgehead atoms. The molecule has 206 valence electrons. The number of nitrogens with zero attached hydrogens (tertiary/aromatic N) is 8. The standard InChI is InChI=1S/C30H48N8/c1-7-31-12-14-35-9-2-19-37(20-16-32(8-1)27(31)29(35)37)23-25-3-5-26(6-4-25)24-38-21-17-34-11-10-33-13-15-36(18-22-38)30(38)28(33)34/h3-6,27-30H,1-2,7-24H2/q+2. The zero-order chi connectivity index (χ0) is 24.9. The largest absolute Gasteiger partial charge is 0.301 e. The van der Waals surface area contributed by atoms with Crippen LogP contribution >= 0.6 is 0 Å². The summed E-state index contributed by atoms with van der Waals surface area (Å²) >= 11 is 0. The molecule has 0 radical (unpaired) electrons. The quantitative estimate of drug-likeness (QED) is 0.529. The predicted octanol–water partition coefficient (Wildman–Crippen LogP) is 0.326. The van der Waals surface area contributed by atoms with Crippen LogP contribution in [0.5, 0.6) is 0 Å². The fourth-order valence-electron chi connectivity index (χ4n) is 10.7. The second-order valence-electron chi connectivity index (χ2n) is 14.0. The molecule has 8 aliphatic heterocycles. The maximum absolute atomic E-state index is 2.89. The van der Waals surface area contributed by atoms with Crippen molar-refractivity contribution in [3.8, 4) is 0 Å². The molecule has 8 heteroatoms. The lowest BCUT2D eigenvalue weighted by Gasteiger charge is -2.65. The van der Waals surface area contributed by atoms with Gasteiger partial charge in [-0.1, -0.05) is 24.3 Å². The van der Waals surface area contributed by atoms with E-state index in [2.05, 4.69) is 53.7 Å². The number of quaternary nitrogens is 2. The molecule has 8 saturated heterocycles. The van der Waals surface area contributed by atoms with E-state index in [1.807, 2.05) is 0 Å². The van der Waals surface area contributed by atoms with E-state index in [0.717, 1.165) is 0 Å². The monoisotopic (exact) mass is 520 g/mol. The Labute approximate surface area is 229 Å². The van der Waals surface area contributed by atoms with Crippen LogP contribution in [0.3, 0.4) is 0 Å². The van der Waals surface area contributed by atoms with Crippen molar-refractivity contribution in [3.05, 3.63) is 35.4 Å². The third-order valence-electron chi connectivity index (χ3n) is 12.4. The molecule has 0 N–H and O–H groups in total. The van der Waals surface area contributed by atoms with Gasteiger partial charge in [-0.15, -0.1) is 0 Å². The Balaban J connectivity index is 0.961. The lowest BCUT2D eigenvalue weighted by atomic mass is 9.96. The second kappa shape index (κ2) is 8.70. The summed E-state index contributed by atoms with van der Waals surface area (Å²) in [7, 11) is 0. The van der Waals surface area contributed by atoms with Crippen molar-refractivity contribution in [1.29, 1.82) is 0 Å². The maximum atomic E-state index is 2.89. The van der Waals surface area contributed by atoms with Gasteiger partial charge in [0.1, 0.15) is 25.4 Å². The summed E-state index contributed by atoms with van der Waals surface area (Å²) in [6, 6.07) is 10.1. The second-order valence-corrected chi connectivity index (χ2v) is 14.0. The Morgan fingerprint density at radius 3 is 1.45 bits per heavy atom. The van der Waals surface area contributed by atoms with E-state index >= 15 is 0 Å². The van der Waals surface area contributed by atoms with Gasteiger partial charge in [-0.2, -0.15) is 0 Å². The Hall–Kier alpha value is -1.10. The van der Waals surface area contributed by atoms with Gasteiger partial charge >= 0.3 is 0 Å². The molecule has 38 heavy (non-hydrogen) atoms. The van der Waals surface area contributed by atoms with Gasteiger partial charge in [0.25, 0.3) is 0 Å². The molecular weight excluding hydrogens is 472 g/mol. The number of hydrogen-bond acceptors (Lipinski definition) is 6. The van der Waals surface area contributed by atoms with E-state index in [-0.39, 0.29) is 0 Å². The zero-order valence-corrected chi connectivity index (χ0v) is 23.3. The minimum absolute atomic E-state index is 0.657. The zero-order valence-electron chi connectivity index (χ0n) is 23.3. The molecule has 6 atom stereocenters. The Morgan fingerprint density at radius 1 is 0.447 bits per heavy atom. The molecule has 8 fully saturated rings. The first-order valence-corrected chi connectivity index (χ1v) is 16.0. The maximum Gasteiger partial charge on any atom is 0.175 e. The Morgan fingerprint density at radius 2 is 0.842 bits per heavy atom. The molecule has 8 nitrogen and oxygen atoms in total. The van der Waals surface area contributed by atoms with Gasteiger partial charge < -0.3 is 8.97 Å². The summed E-state index contributed by atoms with van der Waals surface area (Å²) in [6.07, 6.45) is 5.43. The minimum atomic E-state index is 0.657. The van der Waals surface area contributed by atoms with Crippen LogP contribution in [0.25, 0.3) is 0 Å². The van der Waals surface area contributed by atoms with Gasteiger partial charge in [0.05, 0.1) is 32.7 Å². The summed E-state index contributed by atoms with van der Waals surface area (Å²) in [5.74, 6) is 0. The van der Waals surface area contributed by atoms with Crippen LogP contribution in [0, 0.1) is 0 Å². The molecule has 0 aromatic heterocycles. The lowest BCUT2D eigenvalue weighted by Crippen LogP contribution is -2.82. The normalized spacial score (nSPS) is 43.8. The average Bonchev–Trinajstić information content (AvgIpc) is 3.54. The summed E-state index contributed by atoms with van der Waals surface area (Å²) in [5, 5.41) is 0. The molecule has 0 saturated carbocycles. The SMILES string of the molecule is c1cc(C[N+]23CCN4CCN5CCN(CC2)C3C54)ccc1C[N+]12CCCN3CCN4CCCN(CC1)C4C32. The number of benzene rings is 1. The first-order valence-electron chi connectivity index (χ1n) is 16.0. The van der Waals surface area contributed by atoms with Crippen molar-refractivity contribution in [3.63, 3.8) is 0 Å². The van der Waals surface area contributed by atoms with Crippen molar-refractivity contribution in [1.82, 2.24) is 29.4 Å². The molecule has 8 heterocycles. The Kier molecular flexibility index (Phi) is 5.40. The van der Waals surface area contributed by atoms with Crippen LogP contribution in [0.2, 0.25) is 0 Å². The lowest BCUT2D eigenvalue weighted by molar-refractivity contribution is -0.989.